The molecule has 1 aliphatic carbocycles. The molecule has 0 N–H and O–H groups in total. The summed E-state index contributed by atoms with van der Waals surface area (Å²) in [5.74, 6) is 1.77. The number of aromatic nitrogens is 1. The van der Waals surface area contributed by atoms with Gasteiger partial charge in [0.2, 0.25) is 6.79 Å². The topological polar surface area (TPSA) is 23.4 Å². The van der Waals surface area contributed by atoms with Crippen LogP contribution < -0.4 is 9.47 Å². The van der Waals surface area contributed by atoms with Crippen LogP contribution in [0.5, 0.6) is 11.5 Å². The lowest BCUT2D eigenvalue weighted by Crippen LogP contribution is -2.34. The molecule has 0 saturated heterocycles. The monoisotopic (exact) mass is 265 g/mol. The summed E-state index contributed by atoms with van der Waals surface area (Å²) < 4.78 is 13.5. The first kappa shape index (κ1) is 10.6. The minimum absolute atomic E-state index is 0.0438. The summed E-state index contributed by atoms with van der Waals surface area (Å²) in [5.41, 5.74) is 5.57. The van der Waals surface area contributed by atoms with Crippen molar-refractivity contribution in [1.82, 2.24) is 4.57 Å². The molecule has 0 fully saturated rings. The van der Waals surface area contributed by atoms with Crippen molar-refractivity contribution in [3.05, 3.63) is 52.9 Å². The largest absolute Gasteiger partial charge is 0.454 e. The number of hydrogen-bond donors (Lipinski definition) is 0. The number of allylic oxidation sites excluding steroid dienone is 1. The number of rotatable bonds is 0. The van der Waals surface area contributed by atoms with Gasteiger partial charge in [0.15, 0.2) is 11.5 Å². The zero-order valence-corrected chi connectivity index (χ0v) is 11.3. The molecule has 1 atom stereocenters. The zero-order valence-electron chi connectivity index (χ0n) is 11.3. The second kappa shape index (κ2) is 3.29. The maximum absolute atomic E-state index is 5.57. The van der Waals surface area contributed by atoms with Crippen molar-refractivity contribution in [3.8, 4) is 11.5 Å². The summed E-state index contributed by atoms with van der Waals surface area (Å²) in [6, 6.07) is 6.57. The summed E-state index contributed by atoms with van der Waals surface area (Å²) in [6.45, 7) is 3.60. The van der Waals surface area contributed by atoms with E-state index in [-0.39, 0.29) is 5.41 Å². The highest BCUT2D eigenvalue weighted by Crippen LogP contribution is 2.49. The Morgan fingerprint density at radius 1 is 1.20 bits per heavy atom. The van der Waals surface area contributed by atoms with Gasteiger partial charge in [0.25, 0.3) is 0 Å². The van der Waals surface area contributed by atoms with Crippen LogP contribution in [0.4, 0.5) is 0 Å². The number of benzene rings is 1. The van der Waals surface area contributed by atoms with E-state index in [9.17, 15) is 0 Å². The smallest absolute Gasteiger partial charge is 0.231 e. The molecule has 0 unspecified atom stereocenters. The van der Waals surface area contributed by atoms with Gasteiger partial charge in [0.1, 0.15) is 0 Å². The van der Waals surface area contributed by atoms with Crippen molar-refractivity contribution < 1.29 is 9.47 Å². The summed E-state index contributed by atoms with van der Waals surface area (Å²) in [7, 11) is 0. The highest BCUT2D eigenvalue weighted by atomic mass is 16.7. The Morgan fingerprint density at radius 2 is 2.05 bits per heavy atom. The van der Waals surface area contributed by atoms with Crippen molar-refractivity contribution >= 4 is 6.08 Å². The van der Waals surface area contributed by atoms with E-state index in [2.05, 4.69) is 48.0 Å². The first-order chi connectivity index (χ1) is 9.75. The molecule has 20 heavy (non-hydrogen) atoms. The first-order valence-corrected chi connectivity index (χ1v) is 7.05. The molecule has 1 aromatic heterocycles. The molecule has 3 aliphatic rings. The molecule has 5 rings (SSSR count). The van der Waals surface area contributed by atoms with Gasteiger partial charge in [-0.05, 0) is 48.2 Å². The molecule has 0 saturated carbocycles. The molecule has 1 aromatic carbocycles. The van der Waals surface area contributed by atoms with E-state index in [1.807, 2.05) is 0 Å². The fraction of sp³-hybridized carbons (Fsp3) is 0.294. The summed E-state index contributed by atoms with van der Waals surface area (Å²) in [4.78, 5) is 0. The average Bonchev–Trinajstić information content (AvgIpc) is 3.05. The Bertz CT molecular complexity index is 772. The van der Waals surface area contributed by atoms with Crippen molar-refractivity contribution in [1.29, 1.82) is 0 Å². The average molecular weight is 265 g/mol. The Balaban J connectivity index is 1.82. The lowest BCUT2D eigenvalue weighted by Gasteiger charge is -2.39. The molecule has 3 nitrogen and oxygen atoms in total. The fourth-order valence-corrected chi connectivity index (χ4v) is 3.96. The third kappa shape index (κ3) is 1.12. The van der Waals surface area contributed by atoms with Gasteiger partial charge in [-0.2, -0.15) is 0 Å². The van der Waals surface area contributed by atoms with Gasteiger partial charge in [-0.25, -0.2) is 0 Å². The molecule has 2 aromatic rings. The summed E-state index contributed by atoms with van der Waals surface area (Å²) >= 11 is 0. The van der Waals surface area contributed by atoms with Gasteiger partial charge in [-0.3, -0.25) is 0 Å². The fourth-order valence-electron chi connectivity index (χ4n) is 3.96. The Kier molecular flexibility index (Phi) is 1.74. The minimum Gasteiger partial charge on any atom is -0.454 e. The van der Waals surface area contributed by atoms with Crippen LogP contribution >= 0.6 is 0 Å². The van der Waals surface area contributed by atoms with Gasteiger partial charge in [-0.1, -0.05) is 12.2 Å². The molecule has 0 spiro atoms. The Morgan fingerprint density at radius 3 is 2.95 bits per heavy atom. The maximum Gasteiger partial charge on any atom is 0.231 e. The number of nitrogens with zero attached hydrogens (tertiary/aromatic N) is 1. The normalized spacial score (nSPS) is 24.4. The third-order valence-corrected chi connectivity index (χ3v) is 4.87. The van der Waals surface area contributed by atoms with Gasteiger partial charge in [-0.15, -0.1) is 0 Å². The summed E-state index contributed by atoms with van der Waals surface area (Å²) in [6.07, 6.45) is 7.76. The predicted octanol–water partition coefficient (Wildman–Crippen LogP) is 3.30. The van der Waals surface area contributed by atoms with Crippen LogP contribution in [0.2, 0.25) is 0 Å². The molecular weight excluding hydrogens is 250 g/mol. The van der Waals surface area contributed by atoms with E-state index < -0.39 is 0 Å². The van der Waals surface area contributed by atoms with E-state index in [1.54, 1.807) is 0 Å². The van der Waals surface area contributed by atoms with Gasteiger partial charge < -0.3 is 14.0 Å². The predicted molar refractivity (Wildman–Crippen MR) is 76.2 cm³/mol. The van der Waals surface area contributed by atoms with Crippen LogP contribution in [0, 0.1) is 0 Å². The van der Waals surface area contributed by atoms with Crippen molar-refractivity contribution in [2.45, 2.75) is 25.3 Å². The van der Waals surface area contributed by atoms with Gasteiger partial charge >= 0.3 is 0 Å². The second-order valence-electron chi connectivity index (χ2n) is 6.05. The van der Waals surface area contributed by atoms with Crippen molar-refractivity contribution in [2.75, 3.05) is 6.79 Å². The molecule has 2 aliphatic heterocycles. The van der Waals surface area contributed by atoms with Gasteiger partial charge in [0, 0.05) is 23.9 Å². The Labute approximate surface area is 117 Å². The van der Waals surface area contributed by atoms with E-state index in [4.69, 9.17) is 9.47 Å². The number of hydrogen-bond acceptors (Lipinski definition) is 2. The van der Waals surface area contributed by atoms with E-state index in [1.165, 1.54) is 22.4 Å². The van der Waals surface area contributed by atoms with Crippen LogP contribution in [0.1, 0.15) is 35.7 Å². The number of fused-ring (bicyclic) bond motifs is 3. The van der Waals surface area contributed by atoms with Crippen LogP contribution in [0.15, 0.2) is 30.5 Å². The van der Waals surface area contributed by atoms with E-state index in [0.29, 0.717) is 6.79 Å². The van der Waals surface area contributed by atoms with Crippen molar-refractivity contribution in [3.63, 3.8) is 0 Å². The molecule has 3 heterocycles. The first-order valence-electron chi connectivity index (χ1n) is 7.05. The van der Waals surface area contributed by atoms with Crippen LogP contribution in [-0.4, -0.2) is 11.4 Å². The quantitative estimate of drug-likeness (QED) is 0.729. The lowest BCUT2D eigenvalue weighted by molar-refractivity contribution is 0.174. The SMILES string of the molecule is C[C@]12CC=Cc3ccn(c31)Cc1cc3c(cc12)OCO3. The molecule has 0 amide bonds. The van der Waals surface area contributed by atoms with Crippen LogP contribution in [0.25, 0.3) is 6.08 Å². The minimum atomic E-state index is 0.0438. The third-order valence-electron chi connectivity index (χ3n) is 4.87. The maximum atomic E-state index is 5.57. The molecule has 0 radical (unpaired) electrons. The van der Waals surface area contributed by atoms with Crippen molar-refractivity contribution in [2.24, 2.45) is 0 Å². The van der Waals surface area contributed by atoms with E-state index >= 15 is 0 Å². The Hall–Kier alpha value is -2.16. The standard InChI is InChI=1S/C17H15NO2/c1-17-5-2-3-11-4-6-18(16(11)17)9-12-7-14-15(8-13(12)17)20-10-19-14/h2-4,6-8H,5,9-10H2,1H3/t17-/m1/s1. The summed E-state index contributed by atoms with van der Waals surface area (Å²) in [5, 5.41) is 0. The highest BCUT2D eigenvalue weighted by Gasteiger charge is 2.40. The number of ether oxygens (including phenoxy) is 2. The molecule has 0 bridgehead atoms. The lowest BCUT2D eigenvalue weighted by atomic mass is 9.69. The second-order valence-corrected chi connectivity index (χ2v) is 6.05. The van der Waals surface area contributed by atoms with E-state index in [0.717, 1.165) is 24.5 Å². The van der Waals surface area contributed by atoms with Crippen LogP contribution in [0.3, 0.4) is 0 Å². The zero-order chi connectivity index (χ0) is 13.3. The van der Waals surface area contributed by atoms with Crippen LogP contribution in [-0.2, 0) is 12.0 Å². The molecule has 100 valence electrons. The molecule has 3 heteroatoms. The van der Waals surface area contributed by atoms with Gasteiger partial charge in [0.05, 0.1) is 0 Å². The molecular formula is C17H15NO2. The highest BCUT2D eigenvalue weighted by molar-refractivity contribution is 5.64.